The number of rotatable bonds is 7. The molecule has 0 spiro atoms. The minimum absolute atomic E-state index is 0.272. The topological polar surface area (TPSA) is 66.2 Å². The Hall–Kier alpha value is -3.05. The number of aliphatic hydroxyl groups excluding tert-OH is 1. The molecule has 0 saturated carbocycles. The van der Waals surface area contributed by atoms with E-state index < -0.39 is 5.82 Å². The zero-order chi connectivity index (χ0) is 19.9. The van der Waals surface area contributed by atoms with Crippen LogP contribution in [0.3, 0.4) is 0 Å². The molecule has 1 unspecified atom stereocenters. The van der Waals surface area contributed by atoms with Crippen LogP contribution in [0.15, 0.2) is 60.9 Å². The van der Waals surface area contributed by atoms with E-state index >= 15 is 0 Å². The van der Waals surface area contributed by atoms with Crippen molar-refractivity contribution in [3.8, 4) is 28.0 Å². The fourth-order valence-electron chi connectivity index (χ4n) is 2.94. The minimum Gasteiger partial charge on any atom is -0.505 e. The van der Waals surface area contributed by atoms with Crippen molar-refractivity contribution in [2.45, 2.75) is 32.3 Å². The number of halogens is 1. The predicted octanol–water partition coefficient (Wildman–Crippen LogP) is 5.22. The summed E-state index contributed by atoms with van der Waals surface area (Å²) in [4.78, 5) is 8.79. The number of unbranched alkanes of at least 4 members (excludes halogenated alkanes) is 1. The van der Waals surface area contributed by atoms with Crippen LogP contribution in [0.4, 0.5) is 4.39 Å². The molecule has 1 atom stereocenters. The van der Waals surface area contributed by atoms with Crippen LogP contribution in [0, 0.1) is 5.82 Å². The summed E-state index contributed by atoms with van der Waals surface area (Å²) in [5.41, 5.74) is 3.23. The van der Waals surface area contributed by atoms with Gasteiger partial charge in [-0.25, -0.2) is 14.4 Å². The fourth-order valence-corrected chi connectivity index (χ4v) is 2.94. The van der Waals surface area contributed by atoms with Crippen LogP contribution in [0.2, 0.25) is 0 Å². The molecule has 1 heterocycles. The van der Waals surface area contributed by atoms with Crippen molar-refractivity contribution in [2.75, 3.05) is 0 Å². The largest absolute Gasteiger partial charge is 0.505 e. The third-order valence-electron chi connectivity index (χ3n) is 4.43. The highest BCUT2D eigenvalue weighted by Gasteiger charge is 2.10. The molecule has 0 radical (unpaired) electrons. The van der Waals surface area contributed by atoms with E-state index in [0.717, 1.165) is 36.0 Å². The highest BCUT2D eigenvalue weighted by atomic mass is 19.1. The van der Waals surface area contributed by atoms with Crippen molar-refractivity contribution in [1.29, 1.82) is 0 Å². The van der Waals surface area contributed by atoms with Crippen LogP contribution in [0.5, 0.6) is 5.75 Å². The molecule has 0 aliphatic heterocycles. The normalized spacial score (nSPS) is 12.4. The van der Waals surface area contributed by atoms with E-state index in [-0.39, 0.29) is 11.9 Å². The number of phenolic OH excluding ortho intramolecular Hbond substituents is 1. The molecule has 3 rings (SSSR count). The first kappa shape index (κ1) is 19.7. The summed E-state index contributed by atoms with van der Waals surface area (Å²) >= 11 is 0. The van der Waals surface area contributed by atoms with Gasteiger partial charge in [0.15, 0.2) is 17.4 Å². The maximum absolute atomic E-state index is 13.8. The van der Waals surface area contributed by atoms with E-state index in [1.165, 1.54) is 12.1 Å². The van der Waals surface area contributed by atoms with Crippen LogP contribution in [-0.4, -0.2) is 26.3 Å². The van der Waals surface area contributed by atoms with Gasteiger partial charge in [0.25, 0.3) is 0 Å². The zero-order valence-corrected chi connectivity index (χ0v) is 15.7. The Morgan fingerprint density at radius 3 is 2.36 bits per heavy atom. The number of aromatic hydroxyl groups is 1. The van der Waals surface area contributed by atoms with Crippen molar-refractivity contribution in [3.05, 3.63) is 72.6 Å². The monoisotopic (exact) mass is 378 g/mol. The summed E-state index contributed by atoms with van der Waals surface area (Å²) in [6, 6.07) is 12.0. The molecule has 0 bridgehead atoms. The summed E-state index contributed by atoms with van der Waals surface area (Å²) in [6.45, 7) is 1.79. The summed E-state index contributed by atoms with van der Waals surface area (Å²) in [5, 5.41) is 18.7. The third kappa shape index (κ3) is 5.02. The van der Waals surface area contributed by atoms with Gasteiger partial charge >= 0.3 is 0 Å². The lowest BCUT2D eigenvalue weighted by atomic mass is 9.96. The van der Waals surface area contributed by atoms with Gasteiger partial charge in [0.05, 0.1) is 6.10 Å². The molecule has 0 aliphatic rings. The smallest absolute Gasteiger partial charge is 0.165 e. The molecule has 0 saturated heterocycles. The van der Waals surface area contributed by atoms with E-state index in [0.29, 0.717) is 11.4 Å². The molecule has 4 nitrogen and oxygen atoms in total. The third-order valence-corrected chi connectivity index (χ3v) is 4.43. The highest BCUT2D eigenvalue weighted by Crippen LogP contribution is 2.33. The first-order valence-corrected chi connectivity index (χ1v) is 9.29. The van der Waals surface area contributed by atoms with Gasteiger partial charge in [-0.3, -0.25) is 0 Å². The van der Waals surface area contributed by atoms with E-state index in [1.807, 2.05) is 36.4 Å². The van der Waals surface area contributed by atoms with Crippen LogP contribution >= 0.6 is 0 Å². The van der Waals surface area contributed by atoms with Gasteiger partial charge in [0, 0.05) is 18.0 Å². The second-order valence-electron chi connectivity index (χ2n) is 6.72. The van der Waals surface area contributed by atoms with Gasteiger partial charge in [-0.1, -0.05) is 36.4 Å². The number of benzene rings is 2. The summed E-state index contributed by atoms with van der Waals surface area (Å²) < 4.78 is 13.8. The Labute approximate surface area is 164 Å². The molecule has 2 N–H and O–H groups in total. The number of phenols is 1. The lowest BCUT2D eigenvalue weighted by Gasteiger charge is -2.10. The fraction of sp³-hybridized carbons (Fsp3) is 0.217. The van der Waals surface area contributed by atoms with Crippen LogP contribution in [0.25, 0.3) is 28.3 Å². The highest BCUT2D eigenvalue weighted by molar-refractivity contribution is 5.83. The number of allylic oxidation sites excluding steroid dienone is 1. The standard InChI is InChI=1S/C23H23FN2O2/c1-16(27)7-3-2-4-10-23-25-14-18(15-26-23)20-9-6-5-8-19(20)17-11-12-22(28)21(24)13-17/h4-6,8-16,27-28H,2-3,7H2,1H3. The van der Waals surface area contributed by atoms with E-state index in [1.54, 1.807) is 25.4 Å². The zero-order valence-electron chi connectivity index (χ0n) is 15.7. The second kappa shape index (κ2) is 9.24. The first-order valence-electron chi connectivity index (χ1n) is 9.29. The summed E-state index contributed by atoms with van der Waals surface area (Å²) in [5.74, 6) is -0.400. The van der Waals surface area contributed by atoms with Crippen LogP contribution in [0.1, 0.15) is 32.0 Å². The molecule has 5 heteroatoms. The Morgan fingerprint density at radius 1 is 1.04 bits per heavy atom. The van der Waals surface area contributed by atoms with Gasteiger partial charge in [0.2, 0.25) is 0 Å². The Morgan fingerprint density at radius 2 is 1.71 bits per heavy atom. The molecule has 0 fully saturated rings. The number of hydrogen-bond donors (Lipinski definition) is 2. The predicted molar refractivity (Wildman–Crippen MR) is 109 cm³/mol. The molecule has 144 valence electrons. The van der Waals surface area contributed by atoms with Gasteiger partial charge in [-0.05, 0) is 61.1 Å². The molecular formula is C23H23FN2O2. The number of nitrogens with zero attached hydrogens (tertiary/aromatic N) is 2. The molecule has 0 amide bonds. The van der Waals surface area contributed by atoms with Crippen molar-refractivity contribution in [3.63, 3.8) is 0 Å². The SMILES string of the molecule is CC(O)CCCC=Cc1ncc(-c2ccccc2-c2ccc(O)c(F)c2)cn1. The van der Waals surface area contributed by atoms with Gasteiger partial charge in [-0.15, -0.1) is 0 Å². The van der Waals surface area contributed by atoms with Gasteiger partial charge in [0.1, 0.15) is 0 Å². The van der Waals surface area contributed by atoms with Crippen molar-refractivity contribution >= 4 is 6.08 Å². The summed E-state index contributed by atoms with van der Waals surface area (Å²) in [6.07, 6.45) is 9.66. The quantitative estimate of drug-likeness (QED) is 0.553. The van der Waals surface area contributed by atoms with E-state index in [9.17, 15) is 14.6 Å². The van der Waals surface area contributed by atoms with Crippen LogP contribution in [-0.2, 0) is 0 Å². The van der Waals surface area contributed by atoms with Gasteiger partial charge < -0.3 is 10.2 Å². The molecule has 1 aromatic heterocycles. The lowest BCUT2D eigenvalue weighted by Crippen LogP contribution is -1.97. The van der Waals surface area contributed by atoms with E-state index in [2.05, 4.69) is 9.97 Å². The molecule has 3 aromatic rings. The van der Waals surface area contributed by atoms with Crippen molar-refractivity contribution in [2.24, 2.45) is 0 Å². The van der Waals surface area contributed by atoms with E-state index in [4.69, 9.17) is 0 Å². The first-order chi connectivity index (χ1) is 13.5. The maximum atomic E-state index is 13.8. The summed E-state index contributed by atoms with van der Waals surface area (Å²) in [7, 11) is 0. The van der Waals surface area contributed by atoms with Crippen molar-refractivity contribution in [1.82, 2.24) is 9.97 Å². The van der Waals surface area contributed by atoms with Crippen molar-refractivity contribution < 1.29 is 14.6 Å². The molecule has 0 aliphatic carbocycles. The van der Waals surface area contributed by atoms with Gasteiger partial charge in [-0.2, -0.15) is 0 Å². The molecular weight excluding hydrogens is 355 g/mol. The van der Waals surface area contributed by atoms with Crippen LogP contribution < -0.4 is 0 Å². The number of hydrogen-bond acceptors (Lipinski definition) is 4. The Bertz CT molecular complexity index is 953. The molecule has 2 aromatic carbocycles. The average Bonchev–Trinajstić information content (AvgIpc) is 2.70. The number of aliphatic hydroxyl groups is 1. The minimum atomic E-state index is -0.653. The molecule has 28 heavy (non-hydrogen) atoms. The number of aromatic nitrogens is 2. The Kier molecular flexibility index (Phi) is 6.50. The maximum Gasteiger partial charge on any atom is 0.165 e. The average molecular weight is 378 g/mol. The Balaban J connectivity index is 1.79. The second-order valence-corrected chi connectivity index (χ2v) is 6.72. The lowest BCUT2D eigenvalue weighted by molar-refractivity contribution is 0.182.